The Kier molecular flexibility index (Phi) is 3.93. The van der Waals surface area contributed by atoms with Crippen molar-refractivity contribution in [1.29, 1.82) is 0 Å². The Morgan fingerprint density at radius 2 is 2.12 bits per heavy atom. The van der Waals surface area contributed by atoms with Crippen LogP contribution in [0.3, 0.4) is 0 Å². The standard InChI is InChI=1S/C9H18N4O2S/c1-7(2)13-6-9(5-11-13)12-16(14,15)8(3)4-10/h5-8,12H,4,10H2,1-3H3. The van der Waals surface area contributed by atoms with Gasteiger partial charge in [-0.2, -0.15) is 5.10 Å². The molecule has 0 saturated carbocycles. The number of hydrogen-bond donors (Lipinski definition) is 2. The third-order valence-electron chi connectivity index (χ3n) is 2.25. The molecule has 6 nitrogen and oxygen atoms in total. The van der Waals surface area contributed by atoms with Gasteiger partial charge in [-0.3, -0.25) is 9.40 Å². The Morgan fingerprint density at radius 3 is 2.56 bits per heavy atom. The summed E-state index contributed by atoms with van der Waals surface area (Å²) in [5, 5.41) is 3.43. The predicted molar refractivity (Wildman–Crippen MR) is 63.7 cm³/mol. The number of hydrogen-bond acceptors (Lipinski definition) is 4. The zero-order chi connectivity index (χ0) is 12.3. The zero-order valence-corrected chi connectivity index (χ0v) is 10.5. The van der Waals surface area contributed by atoms with Crippen LogP contribution in [0.1, 0.15) is 26.8 Å². The van der Waals surface area contributed by atoms with E-state index in [-0.39, 0.29) is 12.6 Å². The van der Waals surface area contributed by atoms with Crippen molar-refractivity contribution < 1.29 is 8.42 Å². The normalized spacial score (nSPS) is 14.1. The van der Waals surface area contributed by atoms with Crippen molar-refractivity contribution in [1.82, 2.24) is 9.78 Å². The molecule has 0 fully saturated rings. The molecule has 0 bridgehead atoms. The van der Waals surface area contributed by atoms with E-state index < -0.39 is 15.3 Å². The highest BCUT2D eigenvalue weighted by atomic mass is 32.2. The molecule has 7 heteroatoms. The molecule has 1 atom stereocenters. The summed E-state index contributed by atoms with van der Waals surface area (Å²) >= 11 is 0. The van der Waals surface area contributed by atoms with E-state index in [2.05, 4.69) is 9.82 Å². The van der Waals surface area contributed by atoms with Crippen molar-refractivity contribution in [2.75, 3.05) is 11.3 Å². The van der Waals surface area contributed by atoms with E-state index in [0.29, 0.717) is 5.69 Å². The number of rotatable bonds is 5. The number of nitrogens with one attached hydrogen (secondary N) is 1. The molecule has 1 heterocycles. The van der Waals surface area contributed by atoms with Gasteiger partial charge in [0, 0.05) is 18.8 Å². The minimum Gasteiger partial charge on any atom is -0.329 e. The third-order valence-corrected chi connectivity index (χ3v) is 4.02. The maximum Gasteiger partial charge on any atom is 0.236 e. The fraction of sp³-hybridized carbons (Fsp3) is 0.667. The van der Waals surface area contributed by atoms with Gasteiger partial charge in [0.1, 0.15) is 0 Å². The summed E-state index contributed by atoms with van der Waals surface area (Å²) < 4.78 is 27.5. The van der Waals surface area contributed by atoms with Crippen molar-refractivity contribution in [2.24, 2.45) is 5.73 Å². The van der Waals surface area contributed by atoms with E-state index in [9.17, 15) is 8.42 Å². The molecule has 0 aliphatic carbocycles. The number of anilines is 1. The zero-order valence-electron chi connectivity index (χ0n) is 9.71. The molecular formula is C9H18N4O2S. The van der Waals surface area contributed by atoms with Gasteiger partial charge in [0.05, 0.1) is 17.1 Å². The average Bonchev–Trinajstić information content (AvgIpc) is 2.64. The largest absolute Gasteiger partial charge is 0.329 e. The first-order chi connectivity index (χ1) is 7.36. The maximum absolute atomic E-state index is 11.7. The minimum absolute atomic E-state index is 0.0909. The van der Waals surface area contributed by atoms with E-state index in [1.54, 1.807) is 17.8 Å². The van der Waals surface area contributed by atoms with Crippen molar-refractivity contribution in [2.45, 2.75) is 32.1 Å². The maximum atomic E-state index is 11.7. The summed E-state index contributed by atoms with van der Waals surface area (Å²) in [7, 11) is -3.40. The molecule has 0 aliphatic heterocycles. The Balaban J connectivity index is 2.81. The monoisotopic (exact) mass is 246 g/mol. The summed E-state index contributed by atoms with van der Waals surface area (Å²) in [6.07, 6.45) is 3.15. The molecular weight excluding hydrogens is 228 g/mol. The lowest BCUT2D eigenvalue weighted by Crippen LogP contribution is -2.31. The summed E-state index contributed by atoms with van der Waals surface area (Å²) in [5.41, 5.74) is 5.79. The molecule has 16 heavy (non-hydrogen) atoms. The summed E-state index contributed by atoms with van der Waals surface area (Å²) in [6, 6.07) is 0.199. The van der Waals surface area contributed by atoms with Gasteiger partial charge in [-0.15, -0.1) is 0 Å². The Hall–Kier alpha value is -1.08. The lowest BCUT2D eigenvalue weighted by atomic mass is 10.4. The second-order valence-electron chi connectivity index (χ2n) is 4.00. The van der Waals surface area contributed by atoms with Crippen LogP contribution < -0.4 is 10.5 Å². The topological polar surface area (TPSA) is 90.0 Å². The first-order valence-corrected chi connectivity index (χ1v) is 6.67. The molecule has 1 aromatic heterocycles. The van der Waals surface area contributed by atoms with Crippen molar-refractivity contribution >= 4 is 15.7 Å². The highest BCUT2D eigenvalue weighted by molar-refractivity contribution is 7.93. The van der Waals surface area contributed by atoms with Crippen LogP contribution in [0.4, 0.5) is 5.69 Å². The molecule has 0 spiro atoms. The number of aromatic nitrogens is 2. The molecule has 0 saturated heterocycles. The molecule has 3 N–H and O–H groups in total. The van der Waals surface area contributed by atoms with Gasteiger partial charge in [0.15, 0.2) is 0 Å². The lowest BCUT2D eigenvalue weighted by molar-refractivity contribution is 0.532. The van der Waals surface area contributed by atoms with Gasteiger partial charge in [-0.25, -0.2) is 8.42 Å². The van der Waals surface area contributed by atoms with Gasteiger partial charge >= 0.3 is 0 Å². The summed E-state index contributed by atoms with van der Waals surface area (Å²) in [5.74, 6) is 0. The van der Waals surface area contributed by atoms with E-state index in [4.69, 9.17) is 5.73 Å². The predicted octanol–water partition coefficient (Wildman–Crippen LogP) is 0.553. The molecule has 92 valence electrons. The molecule has 0 aliphatic rings. The minimum atomic E-state index is -3.40. The Bertz CT molecular complexity index is 438. The second kappa shape index (κ2) is 4.84. The van der Waals surface area contributed by atoms with E-state index in [1.165, 1.54) is 6.20 Å². The quantitative estimate of drug-likeness (QED) is 0.794. The van der Waals surface area contributed by atoms with Crippen LogP contribution in [0.5, 0.6) is 0 Å². The van der Waals surface area contributed by atoms with Crippen LogP contribution in [0, 0.1) is 0 Å². The van der Waals surface area contributed by atoms with Crippen LogP contribution in [-0.2, 0) is 10.0 Å². The van der Waals surface area contributed by atoms with Crippen LogP contribution in [0.25, 0.3) is 0 Å². The Morgan fingerprint density at radius 1 is 1.50 bits per heavy atom. The highest BCUT2D eigenvalue weighted by Gasteiger charge is 2.19. The van der Waals surface area contributed by atoms with Crippen molar-refractivity contribution in [3.63, 3.8) is 0 Å². The molecule has 1 unspecified atom stereocenters. The van der Waals surface area contributed by atoms with Crippen LogP contribution in [-0.4, -0.2) is 30.0 Å². The van der Waals surface area contributed by atoms with Gasteiger partial charge in [-0.1, -0.05) is 0 Å². The fourth-order valence-corrected chi connectivity index (χ4v) is 1.95. The van der Waals surface area contributed by atoms with E-state index >= 15 is 0 Å². The van der Waals surface area contributed by atoms with E-state index in [1.807, 2.05) is 13.8 Å². The number of nitrogens with two attached hydrogens (primary N) is 1. The van der Waals surface area contributed by atoms with Gasteiger partial charge in [0.25, 0.3) is 0 Å². The SMILES string of the molecule is CC(C)n1cc(NS(=O)(=O)C(C)CN)cn1. The van der Waals surface area contributed by atoms with Gasteiger partial charge in [0.2, 0.25) is 10.0 Å². The second-order valence-corrected chi connectivity index (χ2v) is 6.10. The molecule has 0 radical (unpaired) electrons. The lowest BCUT2D eigenvalue weighted by Gasteiger charge is -2.11. The van der Waals surface area contributed by atoms with Crippen LogP contribution >= 0.6 is 0 Å². The highest BCUT2D eigenvalue weighted by Crippen LogP contribution is 2.13. The van der Waals surface area contributed by atoms with Crippen LogP contribution in [0.15, 0.2) is 12.4 Å². The van der Waals surface area contributed by atoms with Gasteiger partial charge in [-0.05, 0) is 20.8 Å². The van der Waals surface area contributed by atoms with E-state index in [0.717, 1.165) is 0 Å². The fourth-order valence-electron chi connectivity index (χ4n) is 1.06. The first-order valence-electron chi connectivity index (χ1n) is 5.12. The molecule has 0 aromatic carbocycles. The average molecular weight is 246 g/mol. The smallest absolute Gasteiger partial charge is 0.236 e. The van der Waals surface area contributed by atoms with Crippen LogP contribution in [0.2, 0.25) is 0 Å². The van der Waals surface area contributed by atoms with Gasteiger partial charge < -0.3 is 5.73 Å². The summed E-state index contributed by atoms with van der Waals surface area (Å²) in [6.45, 7) is 5.59. The summed E-state index contributed by atoms with van der Waals surface area (Å²) in [4.78, 5) is 0. The Labute approximate surface area is 95.9 Å². The number of nitrogens with zero attached hydrogens (tertiary/aromatic N) is 2. The molecule has 1 aromatic rings. The van der Waals surface area contributed by atoms with Crippen molar-refractivity contribution in [3.05, 3.63) is 12.4 Å². The number of sulfonamides is 1. The molecule has 0 amide bonds. The van der Waals surface area contributed by atoms with Crippen molar-refractivity contribution in [3.8, 4) is 0 Å². The first kappa shape index (κ1) is 13.0. The third kappa shape index (κ3) is 2.96. The molecule has 1 rings (SSSR count).